The van der Waals surface area contributed by atoms with Crippen molar-refractivity contribution in [3.05, 3.63) is 46.0 Å². The molecule has 0 radical (unpaired) electrons. The van der Waals surface area contributed by atoms with E-state index in [1.807, 2.05) is 0 Å². The number of nitrogens with zero attached hydrogens (tertiary/aromatic N) is 1. The Labute approximate surface area is 100 Å². The van der Waals surface area contributed by atoms with Gasteiger partial charge in [0.1, 0.15) is 0 Å². The molecular weight excluding hydrogens is 216 g/mol. The highest BCUT2D eigenvalue weighted by Gasteiger charge is 2.09. The number of hydrogen-bond donors (Lipinski definition) is 1. The Kier molecular flexibility index (Phi) is 3.25. The van der Waals surface area contributed by atoms with Gasteiger partial charge in [0.05, 0.1) is 5.69 Å². The van der Waals surface area contributed by atoms with Crippen molar-refractivity contribution in [2.24, 2.45) is 0 Å². The fraction of sp³-hybridized carbons (Fsp3) is 0.308. The van der Waals surface area contributed by atoms with Gasteiger partial charge in [-0.25, -0.2) is 4.98 Å². The van der Waals surface area contributed by atoms with Crippen LogP contribution in [0.5, 0.6) is 0 Å². The SMILES string of the molecule is CCc1nc(N)sc1Cc1ccccc1C. The zero-order valence-electron chi connectivity index (χ0n) is 9.66. The number of hydrogen-bond acceptors (Lipinski definition) is 3. The van der Waals surface area contributed by atoms with Crippen molar-refractivity contribution in [2.45, 2.75) is 26.7 Å². The molecule has 2 N–H and O–H groups in total. The van der Waals surface area contributed by atoms with Gasteiger partial charge >= 0.3 is 0 Å². The summed E-state index contributed by atoms with van der Waals surface area (Å²) in [5, 5.41) is 0.681. The number of thiazole rings is 1. The molecule has 3 heteroatoms. The first-order valence-corrected chi connectivity index (χ1v) is 6.31. The molecule has 0 fully saturated rings. The van der Waals surface area contributed by atoms with E-state index in [-0.39, 0.29) is 0 Å². The fourth-order valence-corrected chi connectivity index (χ4v) is 2.74. The van der Waals surface area contributed by atoms with Gasteiger partial charge in [-0.3, -0.25) is 0 Å². The Balaban J connectivity index is 2.30. The van der Waals surface area contributed by atoms with Gasteiger partial charge in [-0.2, -0.15) is 0 Å². The summed E-state index contributed by atoms with van der Waals surface area (Å²) in [4.78, 5) is 5.65. The molecule has 2 aromatic rings. The predicted molar refractivity (Wildman–Crippen MR) is 69.9 cm³/mol. The maximum atomic E-state index is 5.75. The molecule has 1 aromatic heterocycles. The number of aromatic nitrogens is 1. The summed E-state index contributed by atoms with van der Waals surface area (Å²) in [6, 6.07) is 8.47. The Morgan fingerprint density at radius 1 is 1.31 bits per heavy atom. The number of anilines is 1. The molecule has 84 valence electrons. The number of rotatable bonds is 3. The molecule has 0 spiro atoms. The van der Waals surface area contributed by atoms with Crippen LogP contribution in [0.1, 0.15) is 28.6 Å². The third kappa shape index (κ3) is 2.25. The van der Waals surface area contributed by atoms with Crippen molar-refractivity contribution in [1.82, 2.24) is 4.98 Å². The lowest BCUT2D eigenvalue weighted by Gasteiger charge is -2.04. The van der Waals surface area contributed by atoms with Crippen molar-refractivity contribution in [3.8, 4) is 0 Å². The highest BCUT2D eigenvalue weighted by atomic mass is 32.1. The summed E-state index contributed by atoms with van der Waals surface area (Å²) in [5.41, 5.74) is 9.59. The third-order valence-corrected chi connectivity index (χ3v) is 3.67. The standard InChI is InChI=1S/C13H16N2S/c1-3-11-12(16-13(14)15-11)8-10-7-5-4-6-9(10)2/h4-7H,3,8H2,1-2H3,(H2,14,15). The van der Waals surface area contributed by atoms with E-state index < -0.39 is 0 Å². The first-order valence-electron chi connectivity index (χ1n) is 5.49. The number of aryl methyl sites for hydroxylation is 2. The van der Waals surface area contributed by atoms with Crippen molar-refractivity contribution >= 4 is 16.5 Å². The lowest BCUT2D eigenvalue weighted by molar-refractivity contribution is 1.02. The second-order valence-corrected chi connectivity index (χ2v) is 4.99. The van der Waals surface area contributed by atoms with Crippen molar-refractivity contribution in [2.75, 3.05) is 5.73 Å². The Hall–Kier alpha value is -1.35. The van der Waals surface area contributed by atoms with Crippen molar-refractivity contribution in [3.63, 3.8) is 0 Å². The number of nitrogen functional groups attached to an aromatic ring is 1. The molecule has 0 aliphatic rings. The fourth-order valence-electron chi connectivity index (χ4n) is 1.80. The molecule has 0 aliphatic carbocycles. The highest BCUT2D eigenvalue weighted by Crippen LogP contribution is 2.25. The lowest BCUT2D eigenvalue weighted by atomic mass is 10.0. The molecule has 0 saturated carbocycles. The van der Waals surface area contributed by atoms with Crippen molar-refractivity contribution < 1.29 is 0 Å². The van der Waals surface area contributed by atoms with Crippen LogP contribution in [0.4, 0.5) is 5.13 Å². The van der Waals surface area contributed by atoms with Gasteiger partial charge in [0.2, 0.25) is 0 Å². The van der Waals surface area contributed by atoms with Crippen LogP contribution in [-0.2, 0) is 12.8 Å². The maximum Gasteiger partial charge on any atom is 0.180 e. The van der Waals surface area contributed by atoms with Crippen LogP contribution >= 0.6 is 11.3 Å². The summed E-state index contributed by atoms with van der Waals surface area (Å²) in [5.74, 6) is 0. The lowest BCUT2D eigenvalue weighted by Crippen LogP contribution is -1.93. The summed E-state index contributed by atoms with van der Waals surface area (Å²) in [6.45, 7) is 4.27. The number of nitrogens with two attached hydrogens (primary N) is 1. The van der Waals surface area contributed by atoms with E-state index in [4.69, 9.17) is 5.73 Å². The molecular formula is C13H16N2S. The molecule has 0 aliphatic heterocycles. The number of benzene rings is 1. The van der Waals surface area contributed by atoms with Crippen LogP contribution in [0, 0.1) is 6.92 Å². The summed E-state index contributed by atoms with van der Waals surface area (Å²) in [6.07, 6.45) is 1.90. The van der Waals surface area contributed by atoms with Crippen LogP contribution in [-0.4, -0.2) is 4.98 Å². The Morgan fingerprint density at radius 3 is 2.75 bits per heavy atom. The molecule has 0 bridgehead atoms. The van der Waals surface area contributed by atoms with Crippen molar-refractivity contribution in [1.29, 1.82) is 0 Å². The third-order valence-electron chi connectivity index (χ3n) is 2.74. The zero-order valence-corrected chi connectivity index (χ0v) is 10.5. The smallest absolute Gasteiger partial charge is 0.180 e. The average molecular weight is 232 g/mol. The molecule has 0 atom stereocenters. The second-order valence-electron chi connectivity index (χ2n) is 3.88. The van der Waals surface area contributed by atoms with E-state index in [2.05, 4.69) is 43.1 Å². The van der Waals surface area contributed by atoms with Gasteiger partial charge in [-0.05, 0) is 24.5 Å². The van der Waals surface area contributed by atoms with Gasteiger partial charge in [0.15, 0.2) is 5.13 Å². The molecule has 1 heterocycles. The molecule has 0 saturated heterocycles. The van der Waals surface area contributed by atoms with E-state index in [1.165, 1.54) is 16.0 Å². The molecule has 1 aromatic carbocycles. The van der Waals surface area contributed by atoms with Gasteiger partial charge in [0.25, 0.3) is 0 Å². The molecule has 2 nitrogen and oxygen atoms in total. The molecule has 16 heavy (non-hydrogen) atoms. The van der Waals surface area contributed by atoms with Crippen LogP contribution in [0.2, 0.25) is 0 Å². The van der Waals surface area contributed by atoms with Crippen LogP contribution in [0.3, 0.4) is 0 Å². The zero-order chi connectivity index (χ0) is 11.5. The second kappa shape index (κ2) is 4.66. The molecule has 0 amide bonds. The van der Waals surface area contributed by atoms with Gasteiger partial charge in [-0.15, -0.1) is 11.3 Å². The van der Waals surface area contributed by atoms with Crippen LogP contribution in [0.15, 0.2) is 24.3 Å². The first-order chi connectivity index (χ1) is 7.70. The van der Waals surface area contributed by atoms with E-state index in [0.717, 1.165) is 18.5 Å². The first kappa shape index (κ1) is 11.1. The van der Waals surface area contributed by atoms with E-state index >= 15 is 0 Å². The quantitative estimate of drug-likeness (QED) is 0.882. The minimum absolute atomic E-state index is 0.681. The highest BCUT2D eigenvalue weighted by molar-refractivity contribution is 7.15. The maximum absolute atomic E-state index is 5.75. The van der Waals surface area contributed by atoms with E-state index in [9.17, 15) is 0 Å². The van der Waals surface area contributed by atoms with E-state index in [1.54, 1.807) is 11.3 Å². The average Bonchev–Trinajstić information content (AvgIpc) is 2.62. The van der Waals surface area contributed by atoms with Crippen LogP contribution < -0.4 is 5.73 Å². The summed E-state index contributed by atoms with van der Waals surface area (Å²) >= 11 is 1.61. The van der Waals surface area contributed by atoms with Gasteiger partial charge in [0, 0.05) is 11.3 Å². The topological polar surface area (TPSA) is 38.9 Å². The Bertz CT molecular complexity index is 488. The Morgan fingerprint density at radius 2 is 2.06 bits per heavy atom. The largest absolute Gasteiger partial charge is 0.375 e. The van der Waals surface area contributed by atoms with Crippen LogP contribution in [0.25, 0.3) is 0 Å². The molecule has 0 unspecified atom stereocenters. The minimum atomic E-state index is 0.681. The van der Waals surface area contributed by atoms with E-state index in [0.29, 0.717) is 5.13 Å². The monoisotopic (exact) mass is 232 g/mol. The normalized spacial score (nSPS) is 10.6. The summed E-state index contributed by atoms with van der Waals surface area (Å²) in [7, 11) is 0. The van der Waals surface area contributed by atoms with Gasteiger partial charge < -0.3 is 5.73 Å². The molecule has 2 rings (SSSR count). The summed E-state index contributed by atoms with van der Waals surface area (Å²) < 4.78 is 0. The van der Waals surface area contributed by atoms with Gasteiger partial charge in [-0.1, -0.05) is 31.2 Å². The predicted octanol–water partition coefficient (Wildman–Crippen LogP) is 3.19. The minimum Gasteiger partial charge on any atom is -0.375 e.